The Morgan fingerprint density at radius 2 is 1.71 bits per heavy atom. The molecule has 0 N–H and O–H groups in total. The summed E-state index contributed by atoms with van der Waals surface area (Å²) in [6.07, 6.45) is 1.36. The molecule has 0 spiro atoms. The molecule has 1 amide bonds. The van der Waals surface area contributed by atoms with Crippen molar-refractivity contribution in [2.45, 2.75) is 25.2 Å². The van der Waals surface area contributed by atoms with Gasteiger partial charge >= 0.3 is 5.97 Å². The normalized spacial score (nSPS) is 13.8. The van der Waals surface area contributed by atoms with Crippen molar-refractivity contribution in [2.75, 3.05) is 48.5 Å². The number of sulfonamides is 1. The molecule has 0 bridgehead atoms. The van der Waals surface area contributed by atoms with Crippen LogP contribution < -0.4 is 9.21 Å². The second-order valence-electron chi connectivity index (χ2n) is 9.86. The molecule has 0 radical (unpaired) electrons. The zero-order valence-corrected chi connectivity index (χ0v) is 24.0. The standard InChI is InChI=1S/C31H33N3O6S/c1-3-39-31(36)30-23(2)26-21-25(13-14-29(26)40-30)41(37,38)34(16-15-24-9-5-4-6-10-24)28-12-8-7-11-27(28)33-19-17-32(22-35)18-20-33/h4-14,21-22H,3,15-20H2,1-2H3. The Kier molecular flexibility index (Phi) is 8.30. The van der Waals surface area contributed by atoms with Crippen LogP contribution in [0, 0.1) is 6.92 Å². The zero-order chi connectivity index (χ0) is 29.0. The van der Waals surface area contributed by atoms with Crippen LogP contribution in [0.25, 0.3) is 11.0 Å². The van der Waals surface area contributed by atoms with E-state index in [9.17, 15) is 18.0 Å². The molecular formula is C31H33N3O6S. The summed E-state index contributed by atoms with van der Waals surface area (Å²) in [6, 6.07) is 21.9. The van der Waals surface area contributed by atoms with Gasteiger partial charge in [-0.2, -0.15) is 0 Å². The van der Waals surface area contributed by atoms with E-state index in [2.05, 4.69) is 4.90 Å². The van der Waals surface area contributed by atoms with Gasteiger partial charge in [-0.05, 0) is 56.2 Å². The van der Waals surface area contributed by atoms with Crippen LogP contribution in [0.1, 0.15) is 28.6 Å². The Labute approximate surface area is 240 Å². The van der Waals surface area contributed by atoms with Gasteiger partial charge in [-0.3, -0.25) is 9.10 Å². The zero-order valence-electron chi connectivity index (χ0n) is 23.2. The van der Waals surface area contributed by atoms with Gasteiger partial charge in [0, 0.05) is 43.7 Å². The Hall–Kier alpha value is -4.31. The van der Waals surface area contributed by atoms with Crippen molar-refractivity contribution in [3.8, 4) is 0 Å². The predicted molar refractivity (Wildman–Crippen MR) is 158 cm³/mol. The quantitative estimate of drug-likeness (QED) is 0.201. The van der Waals surface area contributed by atoms with Gasteiger partial charge in [0.2, 0.25) is 12.2 Å². The average Bonchev–Trinajstić information content (AvgIpc) is 3.34. The highest BCUT2D eigenvalue weighted by Crippen LogP contribution is 2.36. The van der Waals surface area contributed by atoms with Gasteiger partial charge in [0.25, 0.3) is 10.0 Å². The molecule has 9 nitrogen and oxygen atoms in total. The highest BCUT2D eigenvalue weighted by atomic mass is 32.2. The molecule has 0 saturated carbocycles. The van der Waals surface area contributed by atoms with Gasteiger partial charge < -0.3 is 19.0 Å². The number of para-hydroxylation sites is 2. The number of aryl methyl sites for hydroxylation is 1. The third kappa shape index (κ3) is 5.78. The molecule has 4 aromatic rings. The molecule has 1 aliphatic heterocycles. The van der Waals surface area contributed by atoms with Crippen LogP contribution in [-0.4, -0.2) is 65.0 Å². The van der Waals surface area contributed by atoms with Crippen molar-refractivity contribution in [1.82, 2.24) is 4.90 Å². The molecular weight excluding hydrogens is 542 g/mol. The van der Waals surface area contributed by atoms with Crippen molar-refractivity contribution in [3.05, 3.63) is 89.7 Å². The minimum absolute atomic E-state index is 0.0668. The lowest BCUT2D eigenvalue weighted by molar-refractivity contribution is -0.118. The fourth-order valence-electron chi connectivity index (χ4n) is 5.14. The lowest BCUT2D eigenvalue weighted by Gasteiger charge is -2.37. The number of amides is 1. The summed E-state index contributed by atoms with van der Waals surface area (Å²) >= 11 is 0. The molecule has 3 aromatic carbocycles. The molecule has 0 unspecified atom stereocenters. The molecule has 1 aromatic heterocycles. The number of carbonyl (C=O) groups is 2. The van der Waals surface area contributed by atoms with E-state index in [-0.39, 0.29) is 23.8 Å². The highest BCUT2D eigenvalue weighted by molar-refractivity contribution is 7.92. The SMILES string of the molecule is CCOC(=O)c1oc2ccc(S(=O)(=O)N(CCc3ccccc3)c3ccccc3N3CCN(C=O)CC3)cc2c1C. The van der Waals surface area contributed by atoms with E-state index in [0.29, 0.717) is 54.8 Å². The van der Waals surface area contributed by atoms with E-state index in [0.717, 1.165) is 17.7 Å². The largest absolute Gasteiger partial charge is 0.460 e. The number of furan rings is 1. The monoisotopic (exact) mass is 575 g/mol. The van der Waals surface area contributed by atoms with Gasteiger partial charge in [-0.25, -0.2) is 13.2 Å². The van der Waals surface area contributed by atoms with E-state index in [1.165, 1.54) is 10.4 Å². The summed E-state index contributed by atoms with van der Waals surface area (Å²) in [6.45, 7) is 6.17. The number of ether oxygens (including phenoxy) is 1. The average molecular weight is 576 g/mol. The minimum Gasteiger partial charge on any atom is -0.460 e. The van der Waals surface area contributed by atoms with Crippen LogP contribution >= 0.6 is 0 Å². The predicted octanol–water partition coefficient (Wildman–Crippen LogP) is 4.63. The van der Waals surface area contributed by atoms with E-state index in [4.69, 9.17) is 9.15 Å². The minimum atomic E-state index is -4.05. The maximum atomic E-state index is 14.4. The van der Waals surface area contributed by atoms with Gasteiger partial charge in [-0.15, -0.1) is 0 Å². The van der Waals surface area contributed by atoms with Crippen LogP contribution in [0.3, 0.4) is 0 Å². The molecule has 10 heteroatoms. The first kappa shape index (κ1) is 28.2. The number of benzene rings is 3. The number of hydrogen-bond acceptors (Lipinski definition) is 7. The molecule has 5 rings (SSSR count). The third-order valence-corrected chi connectivity index (χ3v) is 9.17. The molecule has 2 heterocycles. The lowest BCUT2D eigenvalue weighted by atomic mass is 10.1. The first-order valence-corrected chi connectivity index (χ1v) is 15.1. The summed E-state index contributed by atoms with van der Waals surface area (Å²) in [5.74, 6) is -0.518. The molecule has 41 heavy (non-hydrogen) atoms. The van der Waals surface area contributed by atoms with Crippen molar-refractivity contribution in [1.29, 1.82) is 0 Å². The summed E-state index contributed by atoms with van der Waals surface area (Å²) < 4.78 is 41.1. The van der Waals surface area contributed by atoms with Crippen molar-refractivity contribution < 1.29 is 27.2 Å². The Morgan fingerprint density at radius 1 is 1.00 bits per heavy atom. The number of rotatable bonds is 10. The van der Waals surface area contributed by atoms with E-state index in [1.807, 2.05) is 54.6 Å². The summed E-state index contributed by atoms with van der Waals surface area (Å²) in [5.41, 5.74) is 3.32. The number of carbonyl (C=O) groups excluding carboxylic acids is 2. The van der Waals surface area contributed by atoms with Crippen LogP contribution in [0.2, 0.25) is 0 Å². The molecule has 214 valence electrons. The Balaban J connectivity index is 1.56. The van der Waals surface area contributed by atoms with Gasteiger partial charge in [0.15, 0.2) is 0 Å². The lowest BCUT2D eigenvalue weighted by Crippen LogP contribution is -2.46. The number of nitrogens with zero attached hydrogens (tertiary/aromatic N) is 3. The summed E-state index contributed by atoms with van der Waals surface area (Å²) in [5, 5.41) is 0.537. The second kappa shape index (κ2) is 12.1. The van der Waals surface area contributed by atoms with E-state index in [1.54, 1.807) is 30.9 Å². The second-order valence-corrected chi connectivity index (χ2v) is 11.7. The third-order valence-electron chi connectivity index (χ3n) is 7.36. The van der Waals surface area contributed by atoms with Gasteiger partial charge in [0.05, 0.1) is 22.9 Å². The maximum Gasteiger partial charge on any atom is 0.374 e. The molecule has 0 atom stereocenters. The highest BCUT2D eigenvalue weighted by Gasteiger charge is 2.30. The fourth-order valence-corrected chi connectivity index (χ4v) is 6.64. The number of hydrogen-bond donors (Lipinski definition) is 0. The van der Waals surface area contributed by atoms with Crippen LogP contribution in [0.15, 0.2) is 82.1 Å². The molecule has 1 fully saturated rings. The number of piperazine rings is 1. The first-order chi connectivity index (χ1) is 19.8. The van der Waals surface area contributed by atoms with Gasteiger partial charge in [-0.1, -0.05) is 42.5 Å². The molecule has 1 saturated heterocycles. The van der Waals surface area contributed by atoms with Crippen molar-refractivity contribution >= 4 is 44.7 Å². The Morgan fingerprint density at radius 3 is 2.41 bits per heavy atom. The fraction of sp³-hybridized carbons (Fsp3) is 0.290. The Bertz CT molecular complexity index is 1640. The van der Waals surface area contributed by atoms with Crippen LogP contribution in [-0.2, 0) is 26.0 Å². The van der Waals surface area contributed by atoms with Crippen molar-refractivity contribution in [2.24, 2.45) is 0 Å². The summed E-state index contributed by atoms with van der Waals surface area (Å²) in [7, 11) is -4.05. The number of anilines is 2. The summed E-state index contributed by atoms with van der Waals surface area (Å²) in [4.78, 5) is 27.6. The number of fused-ring (bicyclic) bond motifs is 1. The first-order valence-electron chi connectivity index (χ1n) is 13.6. The van der Waals surface area contributed by atoms with Crippen LogP contribution in [0.4, 0.5) is 11.4 Å². The van der Waals surface area contributed by atoms with E-state index < -0.39 is 16.0 Å². The smallest absolute Gasteiger partial charge is 0.374 e. The van der Waals surface area contributed by atoms with Crippen LogP contribution in [0.5, 0.6) is 0 Å². The van der Waals surface area contributed by atoms with Crippen molar-refractivity contribution in [3.63, 3.8) is 0 Å². The molecule has 1 aliphatic rings. The molecule has 0 aliphatic carbocycles. The topological polar surface area (TPSA) is 100 Å². The van der Waals surface area contributed by atoms with E-state index >= 15 is 0 Å². The number of esters is 1. The van der Waals surface area contributed by atoms with Gasteiger partial charge in [0.1, 0.15) is 5.58 Å². The maximum absolute atomic E-state index is 14.4.